The number of aryl methyl sites for hydroxylation is 1. The smallest absolute Gasteiger partial charge is 0.190 e. The zero-order chi connectivity index (χ0) is 17.2. The van der Waals surface area contributed by atoms with Crippen LogP contribution in [-0.2, 0) is 6.42 Å². The third-order valence-electron chi connectivity index (χ3n) is 4.63. The van der Waals surface area contributed by atoms with Crippen molar-refractivity contribution in [1.82, 2.24) is 20.5 Å². The molecule has 6 heteroatoms. The Labute approximate surface area is 151 Å². The SMILES string of the molecule is CN=C(NCCCCN1CCCCC1C)NCCc1ncc(C)s1. The number of thiazole rings is 1. The van der Waals surface area contributed by atoms with Gasteiger partial charge in [-0.25, -0.2) is 4.98 Å². The number of nitrogens with one attached hydrogen (secondary N) is 2. The molecule has 0 aliphatic carbocycles. The first-order valence-electron chi connectivity index (χ1n) is 9.29. The molecular weight excluding hydrogens is 318 g/mol. The van der Waals surface area contributed by atoms with Gasteiger partial charge in [0.1, 0.15) is 0 Å². The van der Waals surface area contributed by atoms with E-state index in [0.29, 0.717) is 0 Å². The molecular formula is C18H33N5S. The summed E-state index contributed by atoms with van der Waals surface area (Å²) in [7, 11) is 1.83. The molecule has 1 atom stereocenters. The van der Waals surface area contributed by atoms with Crippen molar-refractivity contribution >= 4 is 17.3 Å². The largest absolute Gasteiger partial charge is 0.356 e. The van der Waals surface area contributed by atoms with Gasteiger partial charge in [0, 0.05) is 43.7 Å². The highest BCUT2D eigenvalue weighted by molar-refractivity contribution is 7.11. The summed E-state index contributed by atoms with van der Waals surface area (Å²) in [5.41, 5.74) is 0. The Hall–Kier alpha value is -1.14. The highest BCUT2D eigenvalue weighted by Gasteiger charge is 2.16. The van der Waals surface area contributed by atoms with E-state index in [9.17, 15) is 0 Å². The number of rotatable bonds is 8. The maximum absolute atomic E-state index is 4.39. The van der Waals surface area contributed by atoms with Gasteiger partial charge in [-0.2, -0.15) is 0 Å². The number of hydrogen-bond acceptors (Lipinski definition) is 4. The molecule has 1 aliphatic heterocycles. The van der Waals surface area contributed by atoms with Crippen molar-refractivity contribution in [2.24, 2.45) is 4.99 Å². The fourth-order valence-corrected chi connectivity index (χ4v) is 3.95. The van der Waals surface area contributed by atoms with Crippen molar-refractivity contribution in [3.8, 4) is 0 Å². The molecule has 1 aromatic heterocycles. The second-order valence-corrected chi connectivity index (χ2v) is 7.95. The lowest BCUT2D eigenvalue weighted by molar-refractivity contribution is 0.158. The summed E-state index contributed by atoms with van der Waals surface area (Å²) in [6.45, 7) is 8.84. The van der Waals surface area contributed by atoms with Crippen LogP contribution in [0.5, 0.6) is 0 Å². The van der Waals surface area contributed by atoms with Gasteiger partial charge >= 0.3 is 0 Å². The predicted molar refractivity (Wildman–Crippen MR) is 104 cm³/mol. The number of unbranched alkanes of at least 4 members (excludes halogenated alkanes) is 1. The van der Waals surface area contributed by atoms with Crippen molar-refractivity contribution in [2.45, 2.75) is 58.4 Å². The highest BCUT2D eigenvalue weighted by atomic mass is 32.1. The van der Waals surface area contributed by atoms with Crippen LogP contribution in [0.3, 0.4) is 0 Å². The lowest BCUT2D eigenvalue weighted by Gasteiger charge is -2.33. The summed E-state index contributed by atoms with van der Waals surface area (Å²) in [6, 6.07) is 0.774. The first-order chi connectivity index (χ1) is 11.7. The van der Waals surface area contributed by atoms with Gasteiger partial charge in [-0.05, 0) is 52.6 Å². The third-order valence-corrected chi connectivity index (χ3v) is 5.60. The molecule has 0 bridgehead atoms. The van der Waals surface area contributed by atoms with E-state index in [4.69, 9.17) is 0 Å². The summed E-state index contributed by atoms with van der Waals surface area (Å²) in [5.74, 6) is 0.898. The van der Waals surface area contributed by atoms with Crippen LogP contribution >= 0.6 is 11.3 Å². The van der Waals surface area contributed by atoms with Gasteiger partial charge in [-0.1, -0.05) is 6.42 Å². The number of aliphatic imine (C=N–C) groups is 1. The summed E-state index contributed by atoms with van der Waals surface area (Å²) < 4.78 is 0. The Morgan fingerprint density at radius 1 is 1.33 bits per heavy atom. The number of nitrogens with zero attached hydrogens (tertiary/aromatic N) is 3. The second kappa shape index (κ2) is 10.7. The van der Waals surface area contributed by atoms with Crippen LogP contribution in [-0.4, -0.2) is 55.1 Å². The molecule has 1 aromatic rings. The van der Waals surface area contributed by atoms with Crippen LogP contribution in [0, 0.1) is 6.92 Å². The fourth-order valence-electron chi connectivity index (χ4n) is 3.16. The minimum Gasteiger partial charge on any atom is -0.356 e. The minimum absolute atomic E-state index is 0.774. The molecule has 0 aromatic carbocycles. The monoisotopic (exact) mass is 351 g/mol. The molecule has 0 amide bonds. The molecule has 1 unspecified atom stereocenters. The molecule has 5 nitrogen and oxygen atoms in total. The summed E-state index contributed by atoms with van der Waals surface area (Å²) in [6.07, 6.45) is 9.48. The Bertz CT molecular complexity index is 499. The van der Waals surface area contributed by atoms with Crippen molar-refractivity contribution in [1.29, 1.82) is 0 Å². The van der Waals surface area contributed by atoms with Gasteiger partial charge < -0.3 is 15.5 Å². The highest BCUT2D eigenvalue weighted by Crippen LogP contribution is 2.16. The maximum Gasteiger partial charge on any atom is 0.190 e. The molecule has 24 heavy (non-hydrogen) atoms. The summed E-state index contributed by atoms with van der Waals surface area (Å²) in [4.78, 5) is 12.6. The van der Waals surface area contributed by atoms with Crippen LogP contribution in [0.25, 0.3) is 0 Å². The molecule has 0 spiro atoms. The summed E-state index contributed by atoms with van der Waals surface area (Å²) in [5, 5.41) is 7.97. The van der Waals surface area contributed by atoms with Gasteiger partial charge in [-0.3, -0.25) is 4.99 Å². The van der Waals surface area contributed by atoms with Gasteiger partial charge in [0.05, 0.1) is 5.01 Å². The molecule has 1 fully saturated rings. The van der Waals surface area contributed by atoms with Crippen LogP contribution in [0.15, 0.2) is 11.2 Å². The van der Waals surface area contributed by atoms with Gasteiger partial charge in [0.15, 0.2) is 5.96 Å². The van der Waals surface area contributed by atoms with Crippen molar-refractivity contribution in [2.75, 3.05) is 33.2 Å². The minimum atomic E-state index is 0.774. The van der Waals surface area contributed by atoms with Gasteiger partial charge in [-0.15, -0.1) is 11.3 Å². The quantitative estimate of drug-likeness (QED) is 0.430. The van der Waals surface area contributed by atoms with Crippen LogP contribution in [0.4, 0.5) is 0 Å². The molecule has 1 saturated heterocycles. The van der Waals surface area contributed by atoms with Gasteiger partial charge in [0.2, 0.25) is 0 Å². The normalized spacial score (nSPS) is 19.5. The fraction of sp³-hybridized carbons (Fsp3) is 0.778. The Morgan fingerprint density at radius 2 is 2.17 bits per heavy atom. The maximum atomic E-state index is 4.39. The molecule has 0 radical (unpaired) electrons. The number of hydrogen-bond donors (Lipinski definition) is 2. The van der Waals surface area contributed by atoms with Crippen molar-refractivity contribution in [3.05, 3.63) is 16.1 Å². The molecule has 1 aliphatic rings. The zero-order valence-corrected chi connectivity index (χ0v) is 16.3. The number of guanidine groups is 1. The third kappa shape index (κ3) is 6.77. The van der Waals surface area contributed by atoms with E-state index in [-0.39, 0.29) is 0 Å². The van der Waals surface area contributed by atoms with Crippen molar-refractivity contribution < 1.29 is 0 Å². The van der Waals surface area contributed by atoms with Crippen molar-refractivity contribution in [3.63, 3.8) is 0 Å². The lowest BCUT2D eigenvalue weighted by Crippen LogP contribution is -2.40. The van der Waals surface area contributed by atoms with E-state index in [1.165, 1.54) is 55.1 Å². The van der Waals surface area contributed by atoms with E-state index in [1.807, 2.05) is 13.2 Å². The molecule has 2 heterocycles. The van der Waals surface area contributed by atoms with Crippen LogP contribution in [0.1, 0.15) is 48.9 Å². The zero-order valence-electron chi connectivity index (χ0n) is 15.5. The average Bonchev–Trinajstić information content (AvgIpc) is 3.00. The summed E-state index contributed by atoms with van der Waals surface area (Å²) >= 11 is 1.77. The first kappa shape index (κ1) is 19.2. The van der Waals surface area contributed by atoms with Gasteiger partial charge in [0.25, 0.3) is 0 Å². The van der Waals surface area contributed by atoms with Crippen LogP contribution in [0.2, 0.25) is 0 Å². The molecule has 0 saturated carbocycles. The molecule has 136 valence electrons. The van der Waals surface area contributed by atoms with E-state index in [0.717, 1.165) is 31.5 Å². The first-order valence-corrected chi connectivity index (χ1v) is 10.1. The topological polar surface area (TPSA) is 52.6 Å². The van der Waals surface area contributed by atoms with E-state index in [1.54, 1.807) is 11.3 Å². The average molecular weight is 352 g/mol. The standard InChI is InChI=1S/C18H33N5S/c1-15-8-4-6-12-23(15)13-7-5-10-20-18(19-3)21-11-9-17-22-14-16(2)24-17/h14-15H,4-13H2,1-3H3,(H2,19,20,21). The predicted octanol–water partition coefficient (Wildman–Crippen LogP) is 2.81. The van der Waals surface area contributed by atoms with E-state index < -0.39 is 0 Å². The Kier molecular flexibility index (Phi) is 8.53. The lowest BCUT2D eigenvalue weighted by atomic mass is 10.0. The Balaban J connectivity index is 1.53. The van der Waals surface area contributed by atoms with E-state index >= 15 is 0 Å². The number of piperidine rings is 1. The Morgan fingerprint density at radius 3 is 2.88 bits per heavy atom. The number of likely N-dealkylation sites (tertiary alicyclic amines) is 1. The number of aromatic nitrogens is 1. The van der Waals surface area contributed by atoms with Crippen LogP contribution < -0.4 is 10.6 Å². The second-order valence-electron chi connectivity index (χ2n) is 6.63. The van der Waals surface area contributed by atoms with E-state index in [2.05, 4.69) is 39.4 Å². The molecule has 2 rings (SSSR count). The molecule has 2 N–H and O–H groups in total.